The van der Waals surface area contributed by atoms with Crippen molar-refractivity contribution < 1.29 is 37.0 Å². The van der Waals surface area contributed by atoms with Gasteiger partial charge in [-0.15, -0.1) is 0 Å². The van der Waals surface area contributed by atoms with Gasteiger partial charge in [0.1, 0.15) is 23.6 Å². The maximum atomic E-state index is 12.8. The molecule has 0 aliphatic rings. The minimum atomic E-state index is -4.41. The van der Waals surface area contributed by atoms with E-state index < -0.39 is 35.1 Å². The number of hydrogen-bond acceptors (Lipinski definition) is 5. The number of nitrogens with zero attached hydrogens (tertiary/aromatic N) is 1. The number of ether oxygens (including phenoxy) is 3. The molecule has 0 unspecified atom stereocenters. The van der Waals surface area contributed by atoms with Gasteiger partial charge in [-0.1, -0.05) is 12.1 Å². The highest BCUT2D eigenvalue weighted by Crippen LogP contribution is 2.32. The van der Waals surface area contributed by atoms with Crippen molar-refractivity contribution in [3.63, 3.8) is 0 Å². The number of benzene rings is 2. The molecule has 0 fully saturated rings. The van der Waals surface area contributed by atoms with E-state index in [-0.39, 0.29) is 6.61 Å². The molecule has 0 radical (unpaired) electrons. The van der Waals surface area contributed by atoms with Crippen LogP contribution in [0.4, 0.5) is 28.4 Å². The minimum Gasteiger partial charge on any atom is -0.489 e. The molecule has 7 nitrogen and oxygen atoms in total. The summed E-state index contributed by atoms with van der Waals surface area (Å²) in [6.45, 7) is 10.4. The number of halogens is 3. The number of nitrogens with one attached hydrogen (secondary N) is 1. The molecular weight excluding hydrogens is 477 g/mol. The van der Waals surface area contributed by atoms with E-state index in [9.17, 15) is 22.8 Å². The highest BCUT2D eigenvalue weighted by Gasteiger charge is 2.30. The fraction of sp³-hybridized carbons (Fsp3) is 0.385. The fourth-order valence-corrected chi connectivity index (χ4v) is 3.23. The summed E-state index contributed by atoms with van der Waals surface area (Å²) in [5.74, 6) is 0.386. The van der Waals surface area contributed by atoms with E-state index >= 15 is 0 Å². The number of rotatable bonds is 4. The van der Waals surface area contributed by atoms with Crippen LogP contribution in [-0.2, 0) is 22.3 Å². The number of aromatic nitrogens is 1. The molecule has 3 rings (SSSR count). The summed E-state index contributed by atoms with van der Waals surface area (Å²) in [4.78, 5) is 25.2. The Balaban J connectivity index is 1.89. The molecule has 10 heteroatoms. The van der Waals surface area contributed by atoms with Crippen LogP contribution in [0.1, 0.15) is 52.7 Å². The van der Waals surface area contributed by atoms with Crippen molar-refractivity contribution in [3.8, 4) is 5.75 Å². The molecule has 1 amide bonds. The number of carbonyl (C=O) groups excluding carboxylic acids is 2. The van der Waals surface area contributed by atoms with Gasteiger partial charge in [-0.2, -0.15) is 13.2 Å². The number of anilines is 1. The summed E-state index contributed by atoms with van der Waals surface area (Å²) in [6, 6.07) is 9.53. The van der Waals surface area contributed by atoms with Crippen molar-refractivity contribution in [1.82, 2.24) is 4.57 Å². The first kappa shape index (κ1) is 26.9. The Bertz CT molecular complexity index is 1250. The highest BCUT2D eigenvalue weighted by atomic mass is 19.4. The number of amides is 1. The third-order valence-corrected chi connectivity index (χ3v) is 4.69. The molecule has 0 aliphatic heterocycles. The lowest BCUT2D eigenvalue weighted by molar-refractivity contribution is -0.137. The van der Waals surface area contributed by atoms with Crippen molar-refractivity contribution in [2.24, 2.45) is 0 Å². The second-order valence-corrected chi connectivity index (χ2v) is 10.2. The Kier molecular flexibility index (Phi) is 7.29. The Morgan fingerprint density at radius 1 is 0.889 bits per heavy atom. The second kappa shape index (κ2) is 9.75. The average Bonchev–Trinajstić information content (AvgIpc) is 3.07. The lowest BCUT2D eigenvalue weighted by atomic mass is 10.1. The summed E-state index contributed by atoms with van der Waals surface area (Å²) in [5.41, 5.74) is -0.918. The molecule has 0 saturated carbocycles. The van der Waals surface area contributed by atoms with Gasteiger partial charge in [0.15, 0.2) is 0 Å². The molecule has 1 N–H and O–H groups in total. The average molecular weight is 507 g/mol. The lowest BCUT2D eigenvalue weighted by Crippen LogP contribution is -2.27. The van der Waals surface area contributed by atoms with Crippen molar-refractivity contribution in [3.05, 3.63) is 59.8 Å². The topological polar surface area (TPSA) is 78.8 Å². The molecule has 0 saturated heterocycles. The first-order chi connectivity index (χ1) is 16.5. The molecule has 0 bridgehead atoms. The number of carbonyl (C=O) groups is 2. The van der Waals surface area contributed by atoms with Gasteiger partial charge in [-0.3, -0.25) is 9.88 Å². The van der Waals surface area contributed by atoms with E-state index in [1.54, 1.807) is 59.7 Å². The van der Waals surface area contributed by atoms with Crippen LogP contribution in [0.2, 0.25) is 0 Å². The SMILES string of the molecule is CC(C)(C)OC(=O)Nc1cn(C(=O)OC(C)(C)C)c2ccc(OCc3ccc(C(F)(F)F)cc3)cc12. The third-order valence-electron chi connectivity index (χ3n) is 4.69. The molecule has 36 heavy (non-hydrogen) atoms. The van der Waals surface area contributed by atoms with E-state index in [2.05, 4.69) is 5.32 Å². The molecule has 0 spiro atoms. The van der Waals surface area contributed by atoms with Gasteiger partial charge < -0.3 is 14.2 Å². The van der Waals surface area contributed by atoms with Gasteiger partial charge >= 0.3 is 18.4 Å². The van der Waals surface area contributed by atoms with Crippen molar-refractivity contribution in [2.45, 2.75) is 65.5 Å². The van der Waals surface area contributed by atoms with Gasteiger partial charge in [0, 0.05) is 11.6 Å². The van der Waals surface area contributed by atoms with Gasteiger partial charge in [0.2, 0.25) is 0 Å². The first-order valence-electron chi connectivity index (χ1n) is 11.2. The second-order valence-electron chi connectivity index (χ2n) is 10.2. The van der Waals surface area contributed by atoms with E-state index in [0.717, 1.165) is 12.1 Å². The molecule has 0 aliphatic carbocycles. The van der Waals surface area contributed by atoms with Gasteiger partial charge in [0.25, 0.3) is 0 Å². The van der Waals surface area contributed by atoms with Crippen LogP contribution in [0.5, 0.6) is 5.75 Å². The zero-order valence-corrected chi connectivity index (χ0v) is 20.9. The van der Waals surface area contributed by atoms with E-state index in [4.69, 9.17) is 14.2 Å². The normalized spacial score (nSPS) is 12.4. The van der Waals surface area contributed by atoms with Gasteiger partial charge in [-0.25, -0.2) is 9.59 Å². The fourth-order valence-electron chi connectivity index (χ4n) is 3.23. The Labute approximate surface area is 207 Å². The molecule has 194 valence electrons. The third kappa shape index (κ3) is 7.16. The number of hydrogen-bond donors (Lipinski definition) is 1. The monoisotopic (exact) mass is 506 g/mol. The molecule has 0 atom stereocenters. The Hall–Kier alpha value is -3.69. The van der Waals surface area contributed by atoms with Crippen LogP contribution < -0.4 is 10.1 Å². The highest BCUT2D eigenvalue weighted by molar-refractivity contribution is 6.03. The Morgan fingerprint density at radius 3 is 2.06 bits per heavy atom. The van der Waals surface area contributed by atoms with Crippen LogP contribution in [0.25, 0.3) is 10.9 Å². The predicted octanol–water partition coefficient (Wildman–Crippen LogP) is 7.37. The summed E-state index contributed by atoms with van der Waals surface area (Å²) < 4.78 is 56.2. The first-order valence-corrected chi connectivity index (χ1v) is 11.2. The minimum absolute atomic E-state index is 0.0191. The van der Waals surface area contributed by atoms with E-state index in [0.29, 0.717) is 27.9 Å². The summed E-state index contributed by atoms with van der Waals surface area (Å²) >= 11 is 0. The van der Waals surface area contributed by atoms with Crippen LogP contribution in [-0.4, -0.2) is 28.0 Å². The van der Waals surface area contributed by atoms with Crippen molar-refractivity contribution >= 4 is 28.8 Å². The molecule has 1 heterocycles. The maximum Gasteiger partial charge on any atom is 0.419 e. The van der Waals surface area contributed by atoms with E-state index in [1.165, 1.54) is 22.9 Å². The Morgan fingerprint density at radius 2 is 1.50 bits per heavy atom. The van der Waals surface area contributed by atoms with Crippen LogP contribution >= 0.6 is 0 Å². The van der Waals surface area contributed by atoms with Crippen LogP contribution in [0.15, 0.2) is 48.7 Å². The van der Waals surface area contributed by atoms with Crippen LogP contribution in [0.3, 0.4) is 0 Å². The standard InChI is InChI=1S/C26H29F3N2O5/c1-24(2,3)35-22(32)30-20-14-31(23(33)36-25(4,5)6)21-12-11-18(13-19(20)21)34-15-16-7-9-17(10-8-16)26(27,28)29/h7-14H,15H2,1-6H3,(H,30,32). The van der Waals surface area contributed by atoms with Gasteiger partial charge in [0.05, 0.1) is 16.8 Å². The summed E-state index contributed by atoms with van der Waals surface area (Å²) in [5, 5.41) is 3.13. The van der Waals surface area contributed by atoms with Crippen molar-refractivity contribution in [1.29, 1.82) is 0 Å². The molecular formula is C26H29F3N2O5. The predicted molar refractivity (Wildman–Crippen MR) is 129 cm³/mol. The number of alkyl halides is 3. The lowest BCUT2D eigenvalue weighted by Gasteiger charge is -2.20. The molecule has 1 aromatic heterocycles. The largest absolute Gasteiger partial charge is 0.489 e. The smallest absolute Gasteiger partial charge is 0.419 e. The molecule has 2 aromatic carbocycles. The zero-order valence-electron chi connectivity index (χ0n) is 20.9. The quantitative estimate of drug-likeness (QED) is 0.400. The zero-order chi connectivity index (χ0) is 26.9. The summed E-state index contributed by atoms with van der Waals surface area (Å²) in [6.07, 6.45) is -4.32. The van der Waals surface area contributed by atoms with Gasteiger partial charge in [-0.05, 0) is 77.4 Å². The summed E-state index contributed by atoms with van der Waals surface area (Å²) in [7, 11) is 0. The van der Waals surface area contributed by atoms with Crippen molar-refractivity contribution in [2.75, 3.05) is 5.32 Å². The van der Waals surface area contributed by atoms with Crippen LogP contribution in [0, 0.1) is 0 Å². The number of fused-ring (bicyclic) bond motifs is 1. The maximum absolute atomic E-state index is 12.8. The molecule has 3 aromatic rings. The van der Waals surface area contributed by atoms with E-state index in [1.807, 2.05) is 0 Å².